The predicted octanol–water partition coefficient (Wildman–Crippen LogP) is 5.47. The van der Waals surface area contributed by atoms with Crippen molar-refractivity contribution in [1.29, 1.82) is 0 Å². The van der Waals surface area contributed by atoms with Gasteiger partial charge in [-0.15, -0.1) is 0 Å². The SMILES string of the molecule is CC(C)c1ccc(CC(N)c2cc(Br)ccc2Cl)cc1. The van der Waals surface area contributed by atoms with E-state index in [1.165, 1.54) is 11.1 Å². The van der Waals surface area contributed by atoms with Gasteiger partial charge in [0.1, 0.15) is 0 Å². The first kappa shape index (κ1) is 15.6. The van der Waals surface area contributed by atoms with Crippen LogP contribution in [0, 0.1) is 0 Å². The molecule has 3 heteroatoms. The second-order valence-electron chi connectivity index (χ2n) is 5.37. The molecule has 2 aromatic rings. The number of halogens is 2. The Kier molecular flexibility index (Phi) is 5.25. The summed E-state index contributed by atoms with van der Waals surface area (Å²) in [5.74, 6) is 0.553. The molecule has 20 heavy (non-hydrogen) atoms. The van der Waals surface area contributed by atoms with Crippen LogP contribution in [0.4, 0.5) is 0 Å². The summed E-state index contributed by atoms with van der Waals surface area (Å²) in [6.07, 6.45) is 0.786. The molecule has 0 spiro atoms. The molecule has 0 saturated heterocycles. The summed E-state index contributed by atoms with van der Waals surface area (Å²) in [4.78, 5) is 0. The molecule has 1 nitrogen and oxygen atoms in total. The van der Waals surface area contributed by atoms with E-state index in [0.717, 1.165) is 21.5 Å². The molecular formula is C17H19BrClN. The Morgan fingerprint density at radius 3 is 2.35 bits per heavy atom. The maximum absolute atomic E-state index is 6.29. The van der Waals surface area contributed by atoms with Crippen LogP contribution >= 0.6 is 27.5 Å². The fraction of sp³-hybridized carbons (Fsp3) is 0.294. The summed E-state index contributed by atoms with van der Waals surface area (Å²) < 4.78 is 1.00. The van der Waals surface area contributed by atoms with Crippen molar-refractivity contribution in [3.05, 3.63) is 68.7 Å². The van der Waals surface area contributed by atoms with Crippen molar-refractivity contribution in [2.45, 2.75) is 32.2 Å². The summed E-state index contributed by atoms with van der Waals surface area (Å²) in [6, 6.07) is 14.4. The molecule has 0 aliphatic heterocycles. The van der Waals surface area contributed by atoms with Crippen molar-refractivity contribution in [2.24, 2.45) is 5.73 Å². The Hall–Kier alpha value is -0.830. The zero-order valence-corrected chi connectivity index (χ0v) is 14.1. The quantitative estimate of drug-likeness (QED) is 0.776. The standard InChI is InChI=1S/C17H19BrClN/c1-11(2)13-5-3-12(4-6-13)9-17(20)15-10-14(18)7-8-16(15)19/h3-8,10-11,17H,9,20H2,1-2H3. The van der Waals surface area contributed by atoms with Crippen LogP contribution in [0.1, 0.15) is 42.5 Å². The van der Waals surface area contributed by atoms with Gasteiger partial charge in [-0.3, -0.25) is 0 Å². The minimum Gasteiger partial charge on any atom is -0.324 e. The van der Waals surface area contributed by atoms with E-state index in [1.807, 2.05) is 18.2 Å². The van der Waals surface area contributed by atoms with Crippen LogP contribution in [-0.4, -0.2) is 0 Å². The maximum Gasteiger partial charge on any atom is 0.0454 e. The van der Waals surface area contributed by atoms with Crippen LogP contribution in [0.5, 0.6) is 0 Å². The van der Waals surface area contributed by atoms with Gasteiger partial charge in [0.15, 0.2) is 0 Å². The van der Waals surface area contributed by atoms with E-state index in [2.05, 4.69) is 54.0 Å². The summed E-state index contributed by atoms with van der Waals surface area (Å²) in [5.41, 5.74) is 9.85. The highest BCUT2D eigenvalue weighted by Gasteiger charge is 2.12. The van der Waals surface area contributed by atoms with Gasteiger partial charge in [0.25, 0.3) is 0 Å². The van der Waals surface area contributed by atoms with E-state index in [0.29, 0.717) is 5.92 Å². The Morgan fingerprint density at radius 1 is 1.10 bits per heavy atom. The zero-order chi connectivity index (χ0) is 14.7. The van der Waals surface area contributed by atoms with Crippen molar-refractivity contribution < 1.29 is 0 Å². The molecular weight excluding hydrogens is 334 g/mol. The normalized spacial score (nSPS) is 12.7. The molecule has 0 amide bonds. The molecule has 1 atom stereocenters. The van der Waals surface area contributed by atoms with Gasteiger partial charge < -0.3 is 5.73 Å². The highest BCUT2D eigenvalue weighted by Crippen LogP contribution is 2.27. The molecule has 0 aliphatic rings. The van der Waals surface area contributed by atoms with E-state index in [1.54, 1.807) is 0 Å². The first-order valence-electron chi connectivity index (χ1n) is 6.76. The van der Waals surface area contributed by atoms with Gasteiger partial charge in [-0.25, -0.2) is 0 Å². The molecule has 0 aromatic heterocycles. The van der Waals surface area contributed by atoms with Crippen LogP contribution in [0.15, 0.2) is 46.9 Å². The number of benzene rings is 2. The van der Waals surface area contributed by atoms with Crippen LogP contribution in [0.2, 0.25) is 5.02 Å². The Balaban J connectivity index is 2.14. The third kappa shape index (κ3) is 3.85. The van der Waals surface area contributed by atoms with Crippen molar-refractivity contribution in [3.63, 3.8) is 0 Å². The minimum atomic E-state index is -0.0927. The average Bonchev–Trinajstić information content (AvgIpc) is 2.42. The Labute approximate surface area is 134 Å². The van der Waals surface area contributed by atoms with Gasteiger partial charge in [-0.1, -0.05) is 65.6 Å². The zero-order valence-electron chi connectivity index (χ0n) is 11.7. The lowest BCUT2D eigenvalue weighted by molar-refractivity contribution is 0.721. The first-order chi connectivity index (χ1) is 9.47. The molecule has 0 heterocycles. The topological polar surface area (TPSA) is 26.0 Å². The second kappa shape index (κ2) is 6.75. The third-order valence-electron chi connectivity index (χ3n) is 3.46. The Bertz CT molecular complexity index is 578. The molecule has 0 saturated carbocycles. The predicted molar refractivity (Wildman–Crippen MR) is 90.3 cm³/mol. The van der Waals surface area contributed by atoms with Crippen LogP contribution in [0.25, 0.3) is 0 Å². The van der Waals surface area contributed by atoms with Crippen molar-refractivity contribution in [1.82, 2.24) is 0 Å². The molecule has 2 rings (SSSR count). The highest BCUT2D eigenvalue weighted by molar-refractivity contribution is 9.10. The lowest BCUT2D eigenvalue weighted by atomic mass is 9.96. The average molecular weight is 353 g/mol. The number of nitrogens with two attached hydrogens (primary N) is 1. The van der Waals surface area contributed by atoms with Crippen molar-refractivity contribution in [3.8, 4) is 0 Å². The maximum atomic E-state index is 6.29. The number of hydrogen-bond acceptors (Lipinski definition) is 1. The van der Waals surface area contributed by atoms with E-state index in [-0.39, 0.29) is 6.04 Å². The summed E-state index contributed by atoms with van der Waals surface area (Å²) in [7, 11) is 0. The van der Waals surface area contributed by atoms with Gasteiger partial charge >= 0.3 is 0 Å². The van der Waals surface area contributed by atoms with E-state index >= 15 is 0 Å². The number of hydrogen-bond donors (Lipinski definition) is 1. The van der Waals surface area contributed by atoms with Crippen molar-refractivity contribution in [2.75, 3.05) is 0 Å². The molecule has 0 radical (unpaired) electrons. The van der Waals surface area contributed by atoms with E-state index in [4.69, 9.17) is 17.3 Å². The van der Waals surface area contributed by atoms with E-state index < -0.39 is 0 Å². The largest absolute Gasteiger partial charge is 0.324 e. The smallest absolute Gasteiger partial charge is 0.0454 e. The van der Waals surface area contributed by atoms with Crippen LogP contribution < -0.4 is 5.73 Å². The lowest BCUT2D eigenvalue weighted by Crippen LogP contribution is -2.14. The Morgan fingerprint density at radius 2 is 1.75 bits per heavy atom. The van der Waals surface area contributed by atoms with Crippen molar-refractivity contribution >= 4 is 27.5 Å². The molecule has 0 bridgehead atoms. The first-order valence-corrected chi connectivity index (χ1v) is 7.94. The number of rotatable bonds is 4. The molecule has 2 N–H and O–H groups in total. The van der Waals surface area contributed by atoms with Crippen LogP contribution in [-0.2, 0) is 6.42 Å². The lowest BCUT2D eigenvalue weighted by Gasteiger charge is -2.15. The fourth-order valence-corrected chi connectivity index (χ4v) is 2.84. The highest BCUT2D eigenvalue weighted by atomic mass is 79.9. The molecule has 2 aromatic carbocycles. The van der Waals surface area contributed by atoms with Crippen LogP contribution in [0.3, 0.4) is 0 Å². The van der Waals surface area contributed by atoms with Gasteiger partial charge in [0, 0.05) is 15.5 Å². The summed E-state index contributed by atoms with van der Waals surface area (Å²) in [5, 5.41) is 0.722. The second-order valence-corrected chi connectivity index (χ2v) is 6.70. The monoisotopic (exact) mass is 351 g/mol. The summed E-state index contributed by atoms with van der Waals surface area (Å²) >= 11 is 9.68. The molecule has 106 valence electrons. The summed E-state index contributed by atoms with van der Waals surface area (Å²) in [6.45, 7) is 4.39. The molecule has 0 fully saturated rings. The molecule has 0 aliphatic carbocycles. The van der Waals surface area contributed by atoms with Gasteiger partial charge in [0.2, 0.25) is 0 Å². The third-order valence-corrected chi connectivity index (χ3v) is 4.30. The van der Waals surface area contributed by atoms with Gasteiger partial charge in [-0.2, -0.15) is 0 Å². The fourth-order valence-electron chi connectivity index (χ4n) is 2.20. The van der Waals surface area contributed by atoms with Gasteiger partial charge in [0.05, 0.1) is 0 Å². The van der Waals surface area contributed by atoms with Gasteiger partial charge in [-0.05, 0) is 47.2 Å². The molecule has 1 unspecified atom stereocenters. The van der Waals surface area contributed by atoms with E-state index in [9.17, 15) is 0 Å². The minimum absolute atomic E-state index is 0.0927.